The summed E-state index contributed by atoms with van der Waals surface area (Å²) in [6.07, 6.45) is 20.3. The second-order valence-corrected chi connectivity index (χ2v) is 9.86. The maximum absolute atomic E-state index is 11.8. The molecule has 3 rings (SSSR count). The molecule has 0 amide bonds. The van der Waals surface area contributed by atoms with Gasteiger partial charge in [-0.25, -0.2) is 14.8 Å². The van der Waals surface area contributed by atoms with E-state index < -0.39 is 5.97 Å². The van der Waals surface area contributed by atoms with Gasteiger partial charge in [0, 0.05) is 23.5 Å². The Balaban J connectivity index is 1.53. The maximum Gasteiger partial charge on any atom is 0.331 e. The number of nitrogens with zero attached hydrogens (tertiary/aromatic N) is 2. The molecule has 4 heteroatoms. The largest absolute Gasteiger partial charge is 0.478 e. The Kier molecular flexibility index (Phi) is 10.8. The first kappa shape index (κ1) is 26.1. The number of allylic oxidation sites excluding steroid dienone is 1. The summed E-state index contributed by atoms with van der Waals surface area (Å²) in [6, 6.07) is 8.68. The van der Waals surface area contributed by atoms with Gasteiger partial charge in [-0.15, -0.1) is 0 Å². The summed E-state index contributed by atoms with van der Waals surface area (Å²) in [6.45, 7) is 4.42. The van der Waals surface area contributed by atoms with Crippen molar-refractivity contribution in [2.45, 2.75) is 103 Å². The van der Waals surface area contributed by atoms with Crippen molar-refractivity contribution in [3.05, 3.63) is 59.4 Å². The van der Waals surface area contributed by atoms with Gasteiger partial charge in [0.2, 0.25) is 0 Å². The molecule has 1 heterocycles. The smallest absolute Gasteiger partial charge is 0.331 e. The van der Waals surface area contributed by atoms with Crippen LogP contribution in [0.3, 0.4) is 0 Å². The van der Waals surface area contributed by atoms with Crippen molar-refractivity contribution < 1.29 is 9.90 Å². The Morgan fingerprint density at radius 1 is 0.912 bits per heavy atom. The summed E-state index contributed by atoms with van der Waals surface area (Å²) in [5.41, 5.74) is 4.26. The monoisotopic (exact) mass is 462 g/mol. The van der Waals surface area contributed by atoms with Crippen LogP contribution in [0, 0.1) is 5.92 Å². The summed E-state index contributed by atoms with van der Waals surface area (Å²) in [4.78, 5) is 21.0. The summed E-state index contributed by atoms with van der Waals surface area (Å²) in [7, 11) is 0. The Bertz CT molecular complexity index is 894. The molecule has 1 N–H and O–H groups in total. The predicted molar refractivity (Wildman–Crippen MR) is 140 cm³/mol. The number of unbranched alkanes of at least 4 members (excludes halogenated alkanes) is 6. The fourth-order valence-corrected chi connectivity index (χ4v) is 5.11. The standard InChI is InChI=1S/C30H42N2O2/c1-3-5-7-8-10-12-28(30(33)34)26-17-13-24(14-18-26)25-15-19-27(20-16-25)29-31-21-23(22-32-29)11-9-6-4-2/h12,15-16,19-22,24,26H,3-11,13-14,17-18H2,1-2H3,(H,33,34)/t24-,26-. The number of carboxylic acid groups (broad SMARTS) is 1. The van der Waals surface area contributed by atoms with Crippen LogP contribution in [-0.4, -0.2) is 21.0 Å². The van der Waals surface area contributed by atoms with Crippen LogP contribution in [-0.2, 0) is 11.2 Å². The van der Waals surface area contributed by atoms with E-state index in [4.69, 9.17) is 0 Å². The second-order valence-electron chi connectivity index (χ2n) is 9.86. The van der Waals surface area contributed by atoms with Crippen LogP contribution in [0.2, 0.25) is 0 Å². The van der Waals surface area contributed by atoms with Gasteiger partial charge in [0.15, 0.2) is 5.82 Å². The summed E-state index contributed by atoms with van der Waals surface area (Å²) < 4.78 is 0. The van der Waals surface area contributed by atoms with E-state index in [1.54, 1.807) is 0 Å². The number of hydrogen-bond acceptors (Lipinski definition) is 3. The fraction of sp³-hybridized carbons (Fsp3) is 0.567. The lowest BCUT2D eigenvalue weighted by Crippen LogP contribution is -2.19. The van der Waals surface area contributed by atoms with Crippen LogP contribution >= 0.6 is 0 Å². The highest BCUT2D eigenvalue weighted by Gasteiger charge is 2.27. The number of aryl methyl sites for hydroxylation is 1. The average molecular weight is 463 g/mol. The van der Waals surface area contributed by atoms with Crippen LogP contribution in [0.1, 0.15) is 108 Å². The third-order valence-electron chi connectivity index (χ3n) is 7.25. The molecule has 0 aliphatic heterocycles. The Morgan fingerprint density at radius 3 is 2.18 bits per heavy atom. The molecule has 1 saturated carbocycles. The first-order valence-corrected chi connectivity index (χ1v) is 13.5. The van der Waals surface area contributed by atoms with E-state index in [9.17, 15) is 9.90 Å². The normalized spacial score (nSPS) is 18.7. The molecule has 1 aliphatic rings. The highest BCUT2D eigenvalue weighted by atomic mass is 16.4. The minimum Gasteiger partial charge on any atom is -0.478 e. The molecular weight excluding hydrogens is 420 g/mol. The molecule has 0 bridgehead atoms. The predicted octanol–water partition coefficient (Wildman–Crippen LogP) is 8.13. The minimum atomic E-state index is -0.723. The SMILES string of the molecule is CCCCCCC=C(C(=O)O)[C@H]1CC[C@H](c2ccc(-c3ncc(CCCCC)cn3)cc2)CC1. The van der Waals surface area contributed by atoms with Crippen LogP contribution in [0.5, 0.6) is 0 Å². The molecule has 0 spiro atoms. The lowest BCUT2D eigenvalue weighted by Gasteiger charge is -2.29. The summed E-state index contributed by atoms with van der Waals surface area (Å²) in [5.74, 6) is 0.763. The average Bonchev–Trinajstić information content (AvgIpc) is 2.87. The van der Waals surface area contributed by atoms with E-state index in [1.807, 2.05) is 18.5 Å². The van der Waals surface area contributed by atoms with Gasteiger partial charge in [0.25, 0.3) is 0 Å². The number of aliphatic carboxylic acids is 1. The van der Waals surface area contributed by atoms with Gasteiger partial charge in [-0.1, -0.05) is 76.3 Å². The van der Waals surface area contributed by atoms with Gasteiger partial charge in [0.05, 0.1) is 0 Å². The zero-order valence-corrected chi connectivity index (χ0v) is 21.1. The van der Waals surface area contributed by atoms with Crippen LogP contribution in [0.15, 0.2) is 48.3 Å². The molecule has 1 aromatic carbocycles. The van der Waals surface area contributed by atoms with Crippen molar-refractivity contribution in [1.82, 2.24) is 9.97 Å². The highest BCUT2D eigenvalue weighted by molar-refractivity contribution is 5.87. The number of benzene rings is 1. The number of carboxylic acids is 1. The van der Waals surface area contributed by atoms with E-state index in [2.05, 4.69) is 48.1 Å². The third-order valence-corrected chi connectivity index (χ3v) is 7.25. The van der Waals surface area contributed by atoms with Gasteiger partial charge in [0.1, 0.15) is 0 Å². The molecule has 0 radical (unpaired) electrons. The lowest BCUT2D eigenvalue weighted by atomic mass is 9.75. The molecule has 0 atom stereocenters. The Hall–Kier alpha value is -2.49. The lowest BCUT2D eigenvalue weighted by molar-refractivity contribution is -0.133. The van der Waals surface area contributed by atoms with Crippen molar-refractivity contribution in [1.29, 1.82) is 0 Å². The number of hydrogen-bond donors (Lipinski definition) is 1. The van der Waals surface area contributed by atoms with Gasteiger partial charge < -0.3 is 5.11 Å². The molecule has 34 heavy (non-hydrogen) atoms. The topological polar surface area (TPSA) is 63.1 Å². The zero-order valence-electron chi connectivity index (χ0n) is 21.1. The summed E-state index contributed by atoms with van der Waals surface area (Å²) >= 11 is 0. The number of rotatable bonds is 13. The Labute approximate surface area is 205 Å². The van der Waals surface area contributed by atoms with Gasteiger partial charge >= 0.3 is 5.97 Å². The fourth-order valence-electron chi connectivity index (χ4n) is 5.11. The zero-order chi connectivity index (χ0) is 24.2. The summed E-state index contributed by atoms with van der Waals surface area (Å²) in [5, 5.41) is 9.74. The molecule has 0 saturated heterocycles. The molecule has 1 aliphatic carbocycles. The Morgan fingerprint density at radius 2 is 1.56 bits per heavy atom. The van der Waals surface area contributed by atoms with Crippen molar-refractivity contribution in [2.75, 3.05) is 0 Å². The van der Waals surface area contributed by atoms with Crippen LogP contribution in [0.4, 0.5) is 0 Å². The van der Waals surface area contributed by atoms with Crippen LogP contribution < -0.4 is 0 Å². The van der Waals surface area contributed by atoms with Gasteiger partial charge in [-0.3, -0.25) is 0 Å². The van der Waals surface area contributed by atoms with E-state index >= 15 is 0 Å². The molecular formula is C30H42N2O2. The minimum absolute atomic E-state index is 0.198. The molecule has 1 fully saturated rings. The van der Waals surface area contributed by atoms with E-state index in [0.717, 1.165) is 56.3 Å². The molecule has 2 aromatic rings. The molecule has 0 unspecified atom stereocenters. The number of carbonyl (C=O) groups is 1. The van der Waals surface area contributed by atoms with E-state index in [1.165, 1.54) is 49.7 Å². The van der Waals surface area contributed by atoms with Gasteiger partial charge in [-0.2, -0.15) is 0 Å². The quantitative estimate of drug-likeness (QED) is 0.241. The highest BCUT2D eigenvalue weighted by Crippen LogP contribution is 2.39. The number of aromatic nitrogens is 2. The molecule has 4 nitrogen and oxygen atoms in total. The van der Waals surface area contributed by atoms with Crippen molar-refractivity contribution in [3.8, 4) is 11.4 Å². The maximum atomic E-state index is 11.8. The third kappa shape index (κ3) is 7.78. The van der Waals surface area contributed by atoms with Crippen molar-refractivity contribution >= 4 is 5.97 Å². The van der Waals surface area contributed by atoms with Gasteiger partial charge in [-0.05, 0) is 74.3 Å². The first-order chi connectivity index (χ1) is 16.6. The van der Waals surface area contributed by atoms with E-state index in [0.29, 0.717) is 11.5 Å². The van der Waals surface area contributed by atoms with Crippen molar-refractivity contribution in [3.63, 3.8) is 0 Å². The van der Waals surface area contributed by atoms with Crippen molar-refractivity contribution in [2.24, 2.45) is 5.92 Å². The first-order valence-electron chi connectivity index (χ1n) is 13.5. The second kappa shape index (κ2) is 14.0. The van der Waals surface area contributed by atoms with Crippen LogP contribution in [0.25, 0.3) is 11.4 Å². The van der Waals surface area contributed by atoms with E-state index in [-0.39, 0.29) is 5.92 Å². The molecule has 184 valence electrons. The molecule has 1 aromatic heterocycles.